The van der Waals surface area contributed by atoms with Crippen LogP contribution in [0.15, 0.2) is 30.3 Å². The Morgan fingerprint density at radius 1 is 1.40 bits per heavy atom. The third-order valence-corrected chi connectivity index (χ3v) is 2.74. The fourth-order valence-electron chi connectivity index (χ4n) is 1.81. The molecule has 1 unspecified atom stereocenters. The number of carbonyl (C=O) groups is 1. The number of carbonyl (C=O) groups excluding carboxylic acids is 1. The van der Waals surface area contributed by atoms with E-state index in [1.807, 2.05) is 30.3 Å². The van der Waals surface area contributed by atoms with Crippen molar-refractivity contribution in [1.29, 1.82) is 0 Å². The van der Waals surface area contributed by atoms with Gasteiger partial charge in [0.05, 0.1) is 5.92 Å². The van der Waals surface area contributed by atoms with Gasteiger partial charge in [-0.1, -0.05) is 30.3 Å². The van der Waals surface area contributed by atoms with Crippen molar-refractivity contribution < 1.29 is 4.79 Å². The molecule has 1 amide bonds. The maximum Gasteiger partial charge on any atom is 0.224 e. The van der Waals surface area contributed by atoms with E-state index in [0.717, 1.165) is 25.1 Å². The van der Waals surface area contributed by atoms with Crippen molar-refractivity contribution in [2.75, 3.05) is 13.1 Å². The maximum atomic E-state index is 11.7. The lowest BCUT2D eigenvalue weighted by atomic mass is 10.1. The SMILES string of the molecule is O=C(NCc1ccccc1)C1CCNC1. The van der Waals surface area contributed by atoms with E-state index < -0.39 is 0 Å². The first-order valence-electron chi connectivity index (χ1n) is 5.38. The first kappa shape index (κ1) is 10.2. The number of hydrogen-bond donors (Lipinski definition) is 2. The highest BCUT2D eigenvalue weighted by molar-refractivity contribution is 5.79. The highest BCUT2D eigenvalue weighted by Crippen LogP contribution is 2.07. The molecule has 15 heavy (non-hydrogen) atoms. The van der Waals surface area contributed by atoms with Gasteiger partial charge in [0, 0.05) is 13.1 Å². The van der Waals surface area contributed by atoms with Gasteiger partial charge in [0.2, 0.25) is 5.91 Å². The van der Waals surface area contributed by atoms with Gasteiger partial charge in [-0.15, -0.1) is 0 Å². The van der Waals surface area contributed by atoms with Crippen LogP contribution in [-0.2, 0) is 11.3 Å². The molecular weight excluding hydrogens is 188 g/mol. The zero-order chi connectivity index (χ0) is 10.5. The number of nitrogens with one attached hydrogen (secondary N) is 2. The van der Waals surface area contributed by atoms with E-state index in [0.29, 0.717) is 6.54 Å². The molecule has 0 aliphatic carbocycles. The van der Waals surface area contributed by atoms with Crippen molar-refractivity contribution in [2.45, 2.75) is 13.0 Å². The fourth-order valence-corrected chi connectivity index (χ4v) is 1.81. The van der Waals surface area contributed by atoms with Crippen molar-refractivity contribution in [1.82, 2.24) is 10.6 Å². The zero-order valence-corrected chi connectivity index (χ0v) is 8.70. The molecule has 3 heteroatoms. The summed E-state index contributed by atoms with van der Waals surface area (Å²) in [7, 11) is 0. The average Bonchev–Trinajstić information content (AvgIpc) is 2.81. The van der Waals surface area contributed by atoms with E-state index in [-0.39, 0.29) is 11.8 Å². The molecule has 1 aromatic carbocycles. The van der Waals surface area contributed by atoms with Crippen LogP contribution in [0, 0.1) is 5.92 Å². The molecule has 0 bridgehead atoms. The number of amides is 1. The minimum Gasteiger partial charge on any atom is -0.352 e. The highest BCUT2D eigenvalue weighted by Gasteiger charge is 2.21. The first-order chi connectivity index (χ1) is 7.36. The highest BCUT2D eigenvalue weighted by atomic mass is 16.1. The Hall–Kier alpha value is -1.35. The summed E-state index contributed by atoms with van der Waals surface area (Å²) in [4.78, 5) is 11.7. The molecule has 1 fully saturated rings. The lowest BCUT2D eigenvalue weighted by Crippen LogP contribution is -2.31. The molecule has 0 aromatic heterocycles. The van der Waals surface area contributed by atoms with Gasteiger partial charge >= 0.3 is 0 Å². The summed E-state index contributed by atoms with van der Waals surface area (Å²) in [5.74, 6) is 0.331. The molecule has 1 aromatic rings. The molecule has 0 saturated carbocycles. The molecular formula is C12H16N2O. The van der Waals surface area contributed by atoms with Crippen LogP contribution in [0.4, 0.5) is 0 Å². The van der Waals surface area contributed by atoms with Gasteiger partial charge in [0.1, 0.15) is 0 Å². The van der Waals surface area contributed by atoms with Gasteiger partial charge in [0.25, 0.3) is 0 Å². The summed E-state index contributed by atoms with van der Waals surface area (Å²) in [5.41, 5.74) is 1.15. The van der Waals surface area contributed by atoms with E-state index in [1.165, 1.54) is 0 Å². The predicted molar refractivity (Wildman–Crippen MR) is 59.3 cm³/mol. The maximum absolute atomic E-state index is 11.7. The quantitative estimate of drug-likeness (QED) is 0.768. The van der Waals surface area contributed by atoms with Gasteiger partial charge in [-0.05, 0) is 18.5 Å². The lowest BCUT2D eigenvalue weighted by Gasteiger charge is -2.09. The minimum absolute atomic E-state index is 0.161. The topological polar surface area (TPSA) is 41.1 Å². The van der Waals surface area contributed by atoms with Gasteiger partial charge in [-0.2, -0.15) is 0 Å². The van der Waals surface area contributed by atoms with E-state index in [1.54, 1.807) is 0 Å². The van der Waals surface area contributed by atoms with Crippen molar-refractivity contribution in [3.8, 4) is 0 Å². The summed E-state index contributed by atoms with van der Waals surface area (Å²) >= 11 is 0. The molecule has 0 radical (unpaired) electrons. The second kappa shape index (κ2) is 4.94. The Labute approximate surface area is 89.9 Å². The number of benzene rings is 1. The molecule has 0 spiro atoms. The summed E-state index contributed by atoms with van der Waals surface area (Å²) in [5, 5.41) is 6.15. The molecule has 1 aliphatic heterocycles. The predicted octanol–water partition coefficient (Wildman–Crippen LogP) is 0.912. The molecule has 1 heterocycles. The van der Waals surface area contributed by atoms with Gasteiger partial charge < -0.3 is 10.6 Å². The van der Waals surface area contributed by atoms with Gasteiger partial charge in [-0.3, -0.25) is 4.79 Å². The summed E-state index contributed by atoms with van der Waals surface area (Å²) in [6.45, 7) is 2.42. The minimum atomic E-state index is 0.161. The number of rotatable bonds is 3. The van der Waals surface area contributed by atoms with Crippen LogP contribution < -0.4 is 10.6 Å². The fraction of sp³-hybridized carbons (Fsp3) is 0.417. The smallest absolute Gasteiger partial charge is 0.224 e. The second-order valence-electron chi connectivity index (χ2n) is 3.89. The Morgan fingerprint density at radius 2 is 2.20 bits per heavy atom. The van der Waals surface area contributed by atoms with Crippen LogP contribution in [0.2, 0.25) is 0 Å². The Morgan fingerprint density at radius 3 is 2.87 bits per heavy atom. The van der Waals surface area contributed by atoms with Crippen LogP contribution in [0.3, 0.4) is 0 Å². The normalized spacial score (nSPS) is 20.1. The van der Waals surface area contributed by atoms with Crippen molar-refractivity contribution in [3.05, 3.63) is 35.9 Å². The Balaban J connectivity index is 1.80. The molecule has 2 rings (SSSR count). The molecule has 1 aliphatic rings. The van der Waals surface area contributed by atoms with E-state index in [9.17, 15) is 4.79 Å². The molecule has 2 N–H and O–H groups in total. The standard InChI is InChI=1S/C12H16N2O/c15-12(11-6-7-13-9-11)14-8-10-4-2-1-3-5-10/h1-5,11,13H,6-9H2,(H,14,15). The van der Waals surface area contributed by atoms with Crippen LogP contribution in [-0.4, -0.2) is 19.0 Å². The van der Waals surface area contributed by atoms with Crippen molar-refractivity contribution >= 4 is 5.91 Å². The van der Waals surface area contributed by atoms with Crippen molar-refractivity contribution in [2.24, 2.45) is 5.92 Å². The summed E-state index contributed by atoms with van der Waals surface area (Å²) in [6, 6.07) is 9.99. The Bertz CT molecular complexity index is 318. The van der Waals surface area contributed by atoms with Crippen molar-refractivity contribution in [3.63, 3.8) is 0 Å². The average molecular weight is 204 g/mol. The van der Waals surface area contributed by atoms with Crippen LogP contribution in [0.1, 0.15) is 12.0 Å². The largest absolute Gasteiger partial charge is 0.352 e. The van der Waals surface area contributed by atoms with Gasteiger partial charge in [0.15, 0.2) is 0 Å². The Kier molecular flexibility index (Phi) is 3.35. The third-order valence-electron chi connectivity index (χ3n) is 2.74. The number of hydrogen-bond acceptors (Lipinski definition) is 2. The molecule has 3 nitrogen and oxygen atoms in total. The van der Waals surface area contributed by atoms with E-state index in [2.05, 4.69) is 10.6 Å². The first-order valence-corrected chi connectivity index (χ1v) is 5.38. The van der Waals surface area contributed by atoms with Crippen LogP contribution >= 0.6 is 0 Å². The summed E-state index contributed by atoms with van der Waals surface area (Å²) < 4.78 is 0. The van der Waals surface area contributed by atoms with E-state index in [4.69, 9.17) is 0 Å². The van der Waals surface area contributed by atoms with Crippen LogP contribution in [0.25, 0.3) is 0 Å². The molecule has 80 valence electrons. The molecule has 1 saturated heterocycles. The summed E-state index contributed by atoms with van der Waals surface area (Å²) in [6.07, 6.45) is 0.959. The monoisotopic (exact) mass is 204 g/mol. The lowest BCUT2D eigenvalue weighted by molar-refractivity contribution is -0.124. The van der Waals surface area contributed by atoms with Crippen LogP contribution in [0.5, 0.6) is 0 Å². The van der Waals surface area contributed by atoms with Gasteiger partial charge in [-0.25, -0.2) is 0 Å². The second-order valence-corrected chi connectivity index (χ2v) is 3.89. The molecule has 1 atom stereocenters. The zero-order valence-electron chi connectivity index (χ0n) is 8.70. The third kappa shape index (κ3) is 2.80. The van der Waals surface area contributed by atoms with E-state index >= 15 is 0 Å².